The van der Waals surface area contributed by atoms with Crippen molar-refractivity contribution in [2.75, 3.05) is 7.11 Å². The molecule has 2 aromatic heterocycles. The molecule has 4 aromatic rings. The van der Waals surface area contributed by atoms with Crippen molar-refractivity contribution in [2.24, 2.45) is 0 Å². The summed E-state index contributed by atoms with van der Waals surface area (Å²) < 4.78 is 30.0. The number of nitrogens with zero attached hydrogens (tertiary/aromatic N) is 3. The molecular weight excluding hydrogens is 337 g/mol. The molecule has 4 rings (SSSR count). The van der Waals surface area contributed by atoms with Crippen LogP contribution in [0.15, 0.2) is 57.5 Å². The number of ether oxygens (including phenoxy) is 1. The van der Waals surface area contributed by atoms with E-state index in [1.807, 2.05) is 30.3 Å². The minimum atomic E-state index is -0.424. The molecule has 0 spiro atoms. The summed E-state index contributed by atoms with van der Waals surface area (Å²) >= 11 is 0. The maximum Gasteiger partial charge on any atom is 0.254 e. The summed E-state index contributed by atoms with van der Waals surface area (Å²) in [6, 6.07) is 13.6. The standard InChI is InChI=1S/C19H14FN3O3/c1-11-16(17(23-26-11)12-6-4-3-5-7-12)19-22-21-18(25-19)14-10-13(20)8-9-15(14)24-2/h3-10H,1-2H3. The van der Waals surface area contributed by atoms with Crippen LogP contribution in [-0.2, 0) is 0 Å². The second-order valence-corrected chi connectivity index (χ2v) is 5.59. The Morgan fingerprint density at radius 2 is 1.77 bits per heavy atom. The molecule has 2 heterocycles. The highest BCUT2D eigenvalue weighted by Crippen LogP contribution is 2.36. The fourth-order valence-electron chi connectivity index (χ4n) is 2.70. The van der Waals surface area contributed by atoms with E-state index in [1.165, 1.54) is 25.3 Å². The van der Waals surface area contributed by atoms with Gasteiger partial charge in [0, 0.05) is 5.56 Å². The highest BCUT2D eigenvalue weighted by molar-refractivity contribution is 5.78. The Labute approximate surface area is 148 Å². The van der Waals surface area contributed by atoms with Crippen LogP contribution < -0.4 is 4.74 Å². The monoisotopic (exact) mass is 351 g/mol. The smallest absolute Gasteiger partial charge is 0.254 e. The van der Waals surface area contributed by atoms with Gasteiger partial charge in [-0.2, -0.15) is 0 Å². The molecule has 0 bridgehead atoms. The Hall–Kier alpha value is -3.48. The van der Waals surface area contributed by atoms with Gasteiger partial charge in [0.2, 0.25) is 0 Å². The number of halogens is 1. The van der Waals surface area contributed by atoms with Crippen LogP contribution in [0.4, 0.5) is 4.39 Å². The molecule has 0 aliphatic rings. The maximum atomic E-state index is 13.6. The molecular formula is C19H14FN3O3. The number of aryl methyl sites for hydroxylation is 1. The van der Waals surface area contributed by atoms with Crippen LogP contribution in [-0.4, -0.2) is 22.5 Å². The van der Waals surface area contributed by atoms with E-state index in [1.54, 1.807) is 6.92 Å². The van der Waals surface area contributed by atoms with Crippen LogP contribution in [0, 0.1) is 12.7 Å². The van der Waals surface area contributed by atoms with Crippen LogP contribution in [0.3, 0.4) is 0 Å². The molecule has 0 unspecified atom stereocenters. The zero-order valence-electron chi connectivity index (χ0n) is 14.1. The highest BCUT2D eigenvalue weighted by Gasteiger charge is 2.23. The van der Waals surface area contributed by atoms with Crippen LogP contribution in [0.5, 0.6) is 5.75 Å². The lowest BCUT2D eigenvalue weighted by Crippen LogP contribution is -1.89. The van der Waals surface area contributed by atoms with Gasteiger partial charge in [0.1, 0.15) is 28.6 Å². The molecule has 26 heavy (non-hydrogen) atoms. The van der Waals surface area contributed by atoms with Gasteiger partial charge in [-0.1, -0.05) is 35.5 Å². The average Bonchev–Trinajstić information content (AvgIpc) is 3.29. The lowest BCUT2D eigenvalue weighted by Gasteiger charge is -2.04. The van der Waals surface area contributed by atoms with E-state index >= 15 is 0 Å². The van der Waals surface area contributed by atoms with Crippen molar-refractivity contribution in [3.8, 4) is 39.9 Å². The van der Waals surface area contributed by atoms with Crippen molar-refractivity contribution in [1.82, 2.24) is 15.4 Å². The largest absolute Gasteiger partial charge is 0.496 e. The number of hydrogen-bond acceptors (Lipinski definition) is 6. The molecule has 6 nitrogen and oxygen atoms in total. The van der Waals surface area contributed by atoms with Crippen molar-refractivity contribution in [3.63, 3.8) is 0 Å². The third-order valence-corrected chi connectivity index (χ3v) is 3.94. The summed E-state index contributed by atoms with van der Waals surface area (Å²) in [6.45, 7) is 1.77. The van der Waals surface area contributed by atoms with E-state index < -0.39 is 5.82 Å². The second-order valence-electron chi connectivity index (χ2n) is 5.59. The first-order chi connectivity index (χ1) is 12.7. The summed E-state index contributed by atoms with van der Waals surface area (Å²) in [6.07, 6.45) is 0. The zero-order valence-corrected chi connectivity index (χ0v) is 14.1. The molecule has 0 saturated heterocycles. The summed E-state index contributed by atoms with van der Waals surface area (Å²) in [4.78, 5) is 0. The van der Waals surface area contributed by atoms with Crippen molar-refractivity contribution < 1.29 is 18.1 Å². The first-order valence-electron chi connectivity index (χ1n) is 7.87. The zero-order chi connectivity index (χ0) is 18.1. The minimum absolute atomic E-state index is 0.149. The SMILES string of the molecule is COc1ccc(F)cc1-c1nnc(-c2c(-c3ccccc3)noc2C)o1. The Kier molecular flexibility index (Phi) is 3.96. The quantitative estimate of drug-likeness (QED) is 0.538. The molecule has 0 amide bonds. The lowest BCUT2D eigenvalue weighted by atomic mass is 10.1. The van der Waals surface area contributed by atoms with Crippen LogP contribution in [0.2, 0.25) is 0 Å². The summed E-state index contributed by atoms with van der Waals surface area (Å²) in [5.74, 6) is 0.948. The van der Waals surface area contributed by atoms with Gasteiger partial charge < -0.3 is 13.7 Å². The number of rotatable bonds is 4. The van der Waals surface area contributed by atoms with Crippen molar-refractivity contribution in [1.29, 1.82) is 0 Å². The van der Waals surface area contributed by atoms with Gasteiger partial charge in [0.15, 0.2) is 0 Å². The molecule has 0 fully saturated rings. The van der Waals surface area contributed by atoms with Crippen molar-refractivity contribution >= 4 is 0 Å². The normalized spacial score (nSPS) is 10.9. The molecule has 0 atom stereocenters. The fraction of sp³-hybridized carbons (Fsp3) is 0.105. The van der Waals surface area contributed by atoms with Crippen LogP contribution >= 0.6 is 0 Å². The number of benzene rings is 2. The van der Waals surface area contributed by atoms with Gasteiger partial charge >= 0.3 is 0 Å². The Morgan fingerprint density at radius 3 is 2.54 bits per heavy atom. The Morgan fingerprint density at radius 1 is 1.00 bits per heavy atom. The van der Waals surface area contributed by atoms with E-state index in [4.69, 9.17) is 13.7 Å². The topological polar surface area (TPSA) is 74.2 Å². The van der Waals surface area contributed by atoms with Crippen molar-refractivity contribution in [2.45, 2.75) is 6.92 Å². The molecule has 0 saturated carbocycles. The number of methoxy groups -OCH3 is 1. The van der Waals surface area contributed by atoms with Crippen LogP contribution in [0.25, 0.3) is 34.2 Å². The van der Waals surface area contributed by atoms with E-state index in [9.17, 15) is 4.39 Å². The van der Waals surface area contributed by atoms with Gasteiger partial charge in [-0.3, -0.25) is 0 Å². The predicted molar refractivity (Wildman–Crippen MR) is 91.9 cm³/mol. The lowest BCUT2D eigenvalue weighted by molar-refractivity contribution is 0.399. The molecule has 130 valence electrons. The third-order valence-electron chi connectivity index (χ3n) is 3.94. The summed E-state index contributed by atoms with van der Waals surface area (Å²) in [5, 5.41) is 12.2. The predicted octanol–water partition coefficient (Wildman–Crippen LogP) is 4.51. The van der Waals surface area contributed by atoms with E-state index in [0.29, 0.717) is 28.3 Å². The summed E-state index contributed by atoms with van der Waals surface area (Å²) in [7, 11) is 1.49. The van der Waals surface area contributed by atoms with Crippen molar-refractivity contribution in [3.05, 3.63) is 60.1 Å². The fourth-order valence-corrected chi connectivity index (χ4v) is 2.70. The average molecular weight is 351 g/mol. The molecule has 0 aliphatic heterocycles. The first-order valence-corrected chi connectivity index (χ1v) is 7.87. The van der Waals surface area contributed by atoms with Gasteiger partial charge in [-0.25, -0.2) is 4.39 Å². The first kappa shape index (κ1) is 16.0. The Bertz CT molecular complexity index is 1060. The molecule has 0 radical (unpaired) electrons. The van der Waals surface area contributed by atoms with Gasteiger partial charge in [0.05, 0.1) is 12.7 Å². The molecule has 0 aliphatic carbocycles. The van der Waals surface area contributed by atoms with Gasteiger partial charge in [-0.05, 0) is 25.1 Å². The third kappa shape index (κ3) is 2.73. The van der Waals surface area contributed by atoms with Gasteiger partial charge in [-0.15, -0.1) is 10.2 Å². The molecule has 2 aromatic carbocycles. The maximum absolute atomic E-state index is 13.6. The number of aromatic nitrogens is 3. The van der Waals surface area contributed by atoms with E-state index in [2.05, 4.69) is 15.4 Å². The number of hydrogen-bond donors (Lipinski definition) is 0. The van der Waals surface area contributed by atoms with E-state index in [0.717, 1.165) is 5.56 Å². The molecule has 0 N–H and O–H groups in total. The summed E-state index contributed by atoms with van der Waals surface area (Å²) in [5.41, 5.74) is 2.44. The molecule has 7 heteroatoms. The van der Waals surface area contributed by atoms with Crippen LogP contribution in [0.1, 0.15) is 5.76 Å². The van der Waals surface area contributed by atoms with E-state index in [-0.39, 0.29) is 11.8 Å². The second kappa shape index (κ2) is 6.44. The Balaban J connectivity index is 1.81. The minimum Gasteiger partial charge on any atom is -0.496 e. The van der Waals surface area contributed by atoms with Gasteiger partial charge in [0.25, 0.3) is 11.8 Å². The highest BCUT2D eigenvalue weighted by atomic mass is 19.1.